The fourth-order valence-electron chi connectivity index (χ4n) is 4.67. The van der Waals surface area contributed by atoms with Crippen molar-refractivity contribution in [2.75, 3.05) is 46.6 Å². The molecule has 0 saturated carbocycles. The number of hydrogen-bond donors (Lipinski definition) is 2. The van der Waals surface area contributed by atoms with E-state index in [2.05, 4.69) is 18.7 Å². The van der Waals surface area contributed by atoms with E-state index in [9.17, 15) is 15.0 Å². The van der Waals surface area contributed by atoms with Crippen molar-refractivity contribution >= 4 is 5.97 Å². The first-order valence-electron chi connectivity index (χ1n) is 12.9. The monoisotopic (exact) mass is 491 g/mol. The molecule has 202 valence electrons. The van der Waals surface area contributed by atoms with Gasteiger partial charge in [-0.2, -0.15) is 0 Å². The molecule has 0 spiro atoms. The first kappa shape index (κ1) is 31.2. The number of hydrogen-bond acceptors (Lipinski definition) is 9. The van der Waals surface area contributed by atoms with Crippen molar-refractivity contribution in [1.29, 1.82) is 0 Å². The van der Waals surface area contributed by atoms with Crippen molar-refractivity contribution in [3.63, 3.8) is 0 Å². The Hall–Kier alpha value is -0.810. The lowest BCUT2D eigenvalue weighted by atomic mass is 9.73. The van der Waals surface area contributed by atoms with Gasteiger partial charge < -0.3 is 38.8 Å². The molecule has 5 atom stereocenters. The summed E-state index contributed by atoms with van der Waals surface area (Å²) >= 11 is 0. The lowest BCUT2D eigenvalue weighted by Gasteiger charge is -2.51. The molecule has 0 amide bonds. The van der Waals surface area contributed by atoms with Crippen LogP contribution < -0.4 is 0 Å². The van der Waals surface area contributed by atoms with Gasteiger partial charge in [-0.3, -0.25) is 0 Å². The van der Waals surface area contributed by atoms with E-state index < -0.39 is 42.1 Å². The molecule has 1 aliphatic heterocycles. The standard InChI is InChI=1S/C25H49NO8/c1-8-18(9-2)33-24-23(31-15-14-26(12-5)13-6)22(32-17-20(28)30-7)21(19(16-27)34-24)25(29,10-3)11-4/h18-19,21-24,27,29H,8-17H2,1-7H3. The molecule has 9 heteroatoms. The van der Waals surface area contributed by atoms with Gasteiger partial charge in [0.2, 0.25) is 0 Å². The second kappa shape index (κ2) is 16.0. The minimum atomic E-state index is -1.19. The van der Waals surface area contributed by atoms with Gasteiger partial charge in [0.25, 0.3) is 0 Å². The Bertz CT molecular complexity index is 551. The Morgan fingerprint density at radius 1 is 1.03 bits per heavy atom. The molecular formula is C25H49NO8. The molecule has 0 aromatic heterocycles. The Morgan fingerprint density at radius 2 is 1.65 bits per heavy atom. The topological polar surface area (TPSA) is 107 Å². The Kier molecular flexibility index (Phi) is 14.7. The normalized spacial score (nSPS) is 25.8. The number of aliphatic hydroxyl groups excluding tert-OH is 1. The molecule has 5 unspecified atom stereocenters. The number of aliphatic hydroxyl groups is 2. The zero-order valence-corrected chi connectivity index (χ0v) is 22.3. The van der Waals surface area contributed by atoms with Crippen molar-refractivity contribution in [2.24, 2.45) is 5.92 Å². The fourth-order valence-corrected chi connectivity index (χ4v) is 4.67. The van der Waals surface area contributed by atoms with Crippen molar-refractivity contribution < 1.29 is 38.7 Å². The van der Waals surface area contributed by atoms with Crippen LogP contribution in [0, 0.1) is 5.92 Å². The van der Waals surface area contributed by atoms with Crippen LogP contribution >= 0.6 is 0 Å². The highest BCUT2D eigenvalue weighted by molar-refractivity contribution is 5.70. The fraction of sp³-hybridized carbons (Fsp3) is 0.960. The maximum atomic E-state index is 12.0. The third kappa shape index (κ3) is 8.40. The van der Waals surface area contributed by atoms with E-state index in [0.717, 1.165) is 25.9 Å². The number of carbonyl (C=O) groups is 1. The van der Waals surface area contributed by atoms with E-state index >= 15 is 0 Å². The summed E-state index contributed by atoms with van der Waals surface area (Å²) in [7, 11) is 1.30. The van der Waals surface area contributed by atoms with Crippen molar-refractivity contribution in [2.45, 2.75) is 104 Å². The summed E-state index contributed by atoms with van der Waals surface area (Å²) in [4.78, 5) is 14.2. The smallest absolute Gasteiger partial charge is 0.331 e. The molecule has 0 aromatic rings. The highest BCUT2D eigenvalue weighted by Crippen LogP contribution is 2.41. The predicted molar refractivity (Wildman–Crippen MR) is 130 cm³/mol. The second-order valence-electron chi connectivity index (χ2n) is 8.85. The van der Waals surface area contributed by atoms with Gasteiger partial charge in [0, 0.05) is 12.5 Å². The van der Waals surface area contributed by atoms with Crippen LogP contribution in [0.5, 0.6) is 0 Å². The van der Waals surface area contributed by atoms with Gasteiger partial charge in [-0.05, 0) is 38.8 Å². The zero-order valence-electron chi connectivity index (χ0n) is 22.3. The summed E-state index contributed by atoms with van der Waals surface area (Å²) in [6, 6.07) is 0. The molecule has 1 rings (SSSR count). The van der Waals surface area contributed by atoms with Gasteiger partial charge in [-0.1, -0.05) is 41.5 Å². The number of nitrogens with zero attached hydrogens (tertiary/aromatic N) is 1. The Balaban J connectivity index is 3.37. The number of likely N-dealkylation sites (N-methyl/N-ethyl adjacent to an activating group) is 1. The maximum absolute atomic E-state index is 12.0. The third-order valence-corrected chi connectivity index (χ3v) is 7.15. The van der Waals surface area contributed by atoms with E-state index in [1.165, 1.54) is 7.11 Å². The molecule has 1 aliphatic rings. The third-order valence-electron chi connectivity index (χ3n) is 7.15. The summed E-state index contributed by atoms with van der Waals surface area (Å²) in [5.41, 5.74) is -1.19. The summed E-state index contributed by atoms with van der Waals surface area (Å²) in [5.74, 6) is -1.15. The van der Waals surface area contributed by atoms with E-state index in [-0.39, 0.29) is 19.3 Å². The second-order valence-corrected chi connectivity index (χ2v) is 8.85. The molecule has 1 saturated heterocycles. The largest absolute Gasteiger partial charge is 0.467 e. The van der Waals surface area contributed by atoms with Gasteiger partial charge in [0.1, 0.15) is 12.7 Å². The van der Waals surface area contributed by atoms with Gasteiger partial charge in [-0.25, -0.2) is 4.79 Å². The van der Waals surface area contributed by atoms with Crippen molar-refractivity contribution in [1.82, 2.24) is 4.90 Å². The Morgan fingerprint density at radius 3 is 2.12 bits per heavy atom. The SMILES string of the molecule is CCC(CC)OC1OC(CO)C(C(O)(CC)CC)C(OCC(=O)OC)C1OCCN(CC)CC. The van der Waals surface area contributed by atoms with Gasteiger partial charge in [0.15, 0.2) is 6.29 Å². The molecule has 0 aromatic carbocycles. The average Bonchev–Trinajstić information content (AvgIpc) is 2.87. The van der Waals surface area contributed by atoms with Crippen LogP contribution in [0.3, 0.4) is 0 Å². The number of rotatable bonds is 17. The van der Waals surface area contributed by atoms with Crippen LogP contribution in [0.4, 0.5) is 0 Å². The van der Waals surface area contributed by atoms with E-state index in [1.54, 1.807) is 0 Å². The number of esters is 1. The molecule has 9 nitrogen and oxygen atoms in total. The van der Waals surface area contributed by atoms with Crippen LogP contribution in [0.1, 0.15) is 67.2 Å². The van der Waals surface area contributed by atoms with Crippen LogP contribution in [-0.2, 0) is 28.5 Å². The Labute approximate surface area is 206 Å². The van der Waals surface area contributed by atoms with Crippen LogP contribution in [0.15, 0.2) is 0 Å². The van der Waals surface area contributed by atoms with E-state index in [0.29, 0.717) is 26.0 Å². The first-order valence-corrected chi connectivity index (χ1v) is 12.9. The molecule has 1 heterocycles. The van der Waals surface area contributed by atoms with Crippen molar-refractivity contribution in [3.8, 4) is 0 Å². The van der Waals surface area contributed by atoms with E-state index in [1.807, 2.05) is 27.7 Å². The van der Waals surface area contributed by atoms with Crippen LogP contribution in [-0.4, -0.2) is 104 Å². The number of carbonyl (C=O) groups excluding carboxylic acids is 1. The van der Waals surface area contributed by atoms with Gasteiger partial charge >= 0.3 is 5.97 Å². The predicted octanol–water partition coefficient (Wildman–Crippen LogP) is 2.36. The van der Waals surface area contributed by atoms with Gasteiger partial charge in [-0.15, -0.1) is 0 Å². The highest BCUT2D eigenvalue weighted by atomic mass is 16.7. The molecule has 0 aliphatic carbocycles. The lowest BCUT2D eigenvalue weighted by molar-refractivity contribution is -0.333. The summed E-state index contributed by atoms with van der Waals surface area (Å²) in [6.07, 6.45) is -0.622. The van der Waals surface area contributed by atoms with Crippen molar-refractivity contribution in [3.05, 3.63) is 0 Å². The minimum absolute atomic E-state index is 0.0627. The average molecular weight is 492 g/mol. The van der Waals surface area contributed by atoms with Crippen LogP contribution in [0.2, 0.25) is 0 Å². The first-order chi connectivity index (χ1) is 16.3. The molecule has 34 heavy (non-hydrogen) atoms. The minimum Gasteiger partial charge on any atom is -0.467 e. The summed E-state index contributed by atoms with van der Waals surface area (Å²) in [5, 5.41) is 21.8. The van der Waals surface area contributed by atoms with Crippen LogP contribution in [0.25, 0.3) is 0 Å². The van der Waals surface area contributed by atoms with E-state index in [4.69, 9.17) is 23.7 Å². The molecule has 0 bridgehead atoms. The quantitative estimate of drug-likeness (QED) is 0.297. The zero-order chi connectivity index (χ0) is 25.7. The highest BCUT2D eigenvalue weighted by Gasteiger charge is 2.55. The van der Waals surface area contributed by atoms with Gasteiger partial charge in [0.05, 0.1) is 44.2 Å². The number of methoxy groups -OCH3 is 1. The molecule has 0 radical (unpaired) electrons. The molecule has 1 fully saturated rings. The molecular weight excluding hydrogens is 442 g/mol. The maximum Gasteiger partial charge on any atom is 0.331 e. The lowest BCUT2D eigenvalue weighted by Crippen LogP contribution is -2.65. The summed E-state index contributed by atoms with van der Waals surface area (Å²) < 4.78 is 29.8. The number of ether oxygens (including phenoxy) is 5. The summed E-state index contributed by atoms with van der Waals surface area (Å²) in [6.45, 7) is 14.3. The molecule has 2 N–H and O–H groups in total.